The number of carbonyl (C=O) groups is 3. The SMILES string of the molecule is CC[C@H]1O[C@@H](Oc2ccc3c(c2C=O)Oc2cc(N(CC)CC)ccc2C3c2ccccc2COC(C)=O)[C@H](OC(C)=O)[C@@H](C)[C@H]1C. The molecule has 0 aliphatic carbocycles. The number of ether oxygens (including phenoxy) is 5. The fraction of sp³-hybridized carbons (Fsp3) is 0.447. The lowest BCUT2D eigenvalue weighted by atomic mass is 9.80. The Hall–Kier alpha value is -4.37. The van der Waals surface area contributed by atoms with Gasteiger partial charge in [0.05, 0.1) is 11.7 Å². The van der Waals surface area contributed by atoms with Gasteiger partial charge in [0.2, 0.25) is 6.29 Å². The number of fused-ring (bicyclic) bond motifs is 2. The average Bonchev–Trinajstić information content (AvgIpc) is 3.06. The van der Waals surface area contributed by atoms with Crippen LogP contribution in [0, 0.1) is 11.8 Å². The van der Waals surface area contributed by atoms with Crippen LogP contribution in [-0.2, 0) is 30.4 Å². The quantitative estimate of drug-likeness (QED) is 0.122. The summed E-state index contributed by atoms with van der Waals surface area (Å²) in [6.07, 6.45) is -0.204. The van der Waals surface area contributed by atoms with Crippen LogP contribution in [-0.4, -0.2) is 49.8 Å². The van der Waals surface area contributed by atoms with Crippen LogP contribution in [0.2, 0.25) is 0 Å². The molecule has 2 aliphatic heterocycles. The van der Waals surface area contributed by atoms with E-state index in [1.165, 1.54) is 13.8 Å². The summed E-state index contributed by atoms with van der Waals surface area (Å²) < 4.78 is 30.6. The zero-order chi connectivity index (χ0) is 33.8. The number of carbonyl (C=O) groups excluding carboxylic acids is 3. The number of hydrogen-bond acceptors (Lipinski definition) is 9. The molecule has 0 amide bonds. The van der Waals surface area contributed by atoms with E-state index < -0.39 is 18.4 Å². The first kappa shape index (κ1) is 34.0. The molecule has 0 saturated carbocycles. The van der Waals surface area contributed by atoms with E-state index >= 15 is 0 Å². The molecule has 250 valence electrons. The van der Waals surface area contributed by atoms with Gasteiger partial charge in [-0.25, -0.2) is 0 Å². The average molecular weight is 644 g/mol. The molecule has 2 heterocycles. The minimum atomic E-state index is -0.919. The van der Waals surface area contributed by atoms with Crippen molar-refractivity contribution in [1.29, 1.82) is 0 Å². The third-order valence-electron chi connectivity index (χ3n) is 9.52. The highest BCUT2D eigenvalue weighted by atomic mass is 16.7. The van der Waals surface area contributed by atoms with Crippen molar-refractivity contribution < 1.29 is 38.1 Å². The summed E-state index contributed by atoms with van der Waals surface area (Å²) in [6, 6.07) is 17.6. The molecule has 9 heteroatoms. The van der Waals surface area contributed by atoms with Crippen molar-refractivity contribution in [3.8, 4) is 17.2 Å². The van der Waals surface area contributed by atoms with Gasteiger partial charge < -0.3 is 28.6 Å². The number of esters is 2. The molecule has 6 atom stereocenters. The van der Waals surface area contributed by atoms with Gasteiger partial charge in [-0.15, -0.1) is 0 Å². The molecule has 2 aliphatic rings. The van der Waals surface area contributed by atoms with Gasteiger partial charge in [-0.1, -0.05) is 57.2 Å². The fourth-order valence-corrected chi connectivity index (χ4v) is 6.83. The molecule has 1 unspecified atom stereocenters. The topological polar surface area (TPSA) is 101 Å². The smallest absolute Gasteiger partial charge is 0.303 e. The molecule has 9 nitrogen and oxygen atoms in total. The molecule has 3 aromatic rings. The Balaban J connectivity index is 1.64. The summed E-state index contributed by atoms with van der Waals surface area (Å²) in [7, 11) is 0. The number of rotatable bonds is 11. The molecule has 0 bridgehead atoms. The van der Waals surface area contributed by atoms with Crippen molar-refractivity contribution in [2.45, 2.75) is 85.9 Å². The van der Waals surface area contributed by atoms with E-state index in [0.717, 1.165) is 53.7 Å². The zero-order valence-corrected chi connectivity index (χ0v) is 28.3. The van der Waals surface area contributed by atoms with Crippen molar-refractivity contribution in [3.63, 3.8) is 0 Å². The summed E-state index contributed by atoms with van der Waals surface area (Å²) in [5.74, 6) is 0.230. The normalized spacial score (nSPS) is 23.0. The molecular weight excluding hydrogens is 598 g/mol. The van der Waals surface area contributed by atoms with Crippen LogP contribution in [0.5, 0.6) is 17.2 Å². The Morgan fingerprint density at radius 2 is 1.62 bits per heavy atom. The lowest BCUT2D eigenvalue weighted by molar-refractivity contribution is -0.246. The van der Waals surface area contributed by atoms with Gasteiger partial charge in [0.25, 0.3) is 0 Å². The molecule has 1 fully saturated rings. The second-order valence-electron chi connectivity index (χ2n) is 12.3. The summed E-state index contributed by atoms with van der Waals surface area (Å²) in [6.45, 7) is 14.9. The highest BCUT2D eigenvalue weighted by molar-refractivity contribution is 5.86. The summed E-state index contributed by atoms with van der Waals surface area (Å²) >= 11 is 0. The Morgan fingerprint density at radius 1 is 0.894 bits per heavy atom. The minimum Gasteiger partial charge on any atom is -0.461 e. The van der Waals surface area contributed by atoms with Gasteiger partial charge in [0, 0.05) is 61.7 Å². The largest absolute Gasteiger partial charge is 0.461 e. The lowest BCUT2D eigenvalue weighted by Gasteiger charge is -2.43. The lowest BCUT2D eigenvalue weighted by Crippen LogP contribution is -2.53. The van der Waals surface area contributed by atoms with Gasteiger partial charge in [-0.3, -0.25) is 14.4 Å². The van der Waals surface area contributed by atoms with Gasteiger partial charge >= 0.3 is 11.9 Å². The Labute approximate surface area is 277 Å². The Morgan fingerprint density at radius 3 is 2.28 bits per heavy atom. The second kappa shape index (κ2) is 14.6. The maximum absolute atomic E-state index is 13.0. The van der Waals surface area contributed by atoms with E-state index in [1.807, 2.05) is 50.2 Å². The van der Waals surface area contributed by atoms with Crippen molar-refractivity contribution in [2.24, 2.45) is 11.8 Å². The first-order valence-electron chi connectivity index (χ1n) is 16.5. The molecule has 3 aromatic carbocycles. The van der Waals surface area contributed by atoms with E-state index in [2.05, 4.69) is 37.8 Å². The third kappa shape index (κ3) is 6.86. The van der Waals surface area contributed by atoms with Crippen LogP contribution in [0.25, 0.3) is 0 Å². The van der Waals surface area contributed by atoms with Gasteiger partial charge in [0.15, 0.2) is 12.4 Å². The number of benzene rings is 3. The van der Waals surface area contributed by atoms with Crippen LogP contribution in [0.1, 0.15) is 93.4 Å². The van der Waals surface area contributed by atoms with Crippen LogP contribution < -0.4 is 14.4 Å². The molecule has 0 aromatic heterocycles. The van der Waals surface area contributed by atoms with Gasteiger partial charge in [0.1, 0.15) is 23.9 Å². The maximum atomic E-state index is 13.0. The maximum Gasteiger partial charge on any atom is 0.303 e. The minimum absolute atomic E-state index is 0.0420. The Bertz CT molecular complexity index is 1620. The molecular formula is C38H45NO8. The molecule has 47 heavy (non-hydrogen) atoms. The fourth-order valence-electron chi connectivity index (χ4n) is 6.83. The van der Waals surface area contributed by atoms with E-state index in [9.17, 15) is 14.4 Å². The first-order chi connectivity index (χ1) is 22.6. The highest BCUT2D eigenvalue weighted by Crippen LogP contribution is 2.52. The van der Waals surface area contributed by atoms with Gasteiger partial charge in [-0.2, -0.15) is 0 Å². The summed E-state index contributed by atoms with van der Waals surface area (Å²) in [5, 5.41) is 0. The molecule has 1 saturated heterocycles. The van der Waals surface area contributed by atoms with E-state index in [-0.39, 0.29) is 47.7 Å². The van der Waals surface area contributed by atoms with Crippen molar-refractivity contribution in [1.82, 2.24) is 0 Å². The monoisotopic (exact) mass is 643 g/mol. The second-order valence-corrected chi connectivity index (χ2v) is 12.3. The summed E-state index contributed by atoms with van der Waals surface area (Å²) in [4.78, 5) is 39.1. The number of nitrogens with zero attached hydrogens (tertiary/aromatic N) is 1. The van der Waals surface area contributed by atoms with Crippen LogP contribution in [0.3, 0.4) is 0 Å². The summed E-state index contributed by atoms with van der Waals surface area (Å²) in [5.41, 5.74) is 4.70. The predicted molar refractivity (Wildman–Crippen MR) is 178 cm³/mol. The first-order valence-corrected chi connectivity index (χ1v) is 16.5. The number of aldehydes is 1. The van der Waals surface area contributed by atoms with Crippen LogP contribution >= 0.6 is 0 Å². The molecule has 0 spiro atoms. The van der Waals surface area contributed by atoms with Crippen LogP contribution in [0.4, 0.5) is 5.69 Å². The van der Waals surface area contributed by atoms with Crippen molar-refractivity contribution in [2.75, 3.05) is 18.0 Å². The van der Waals surface area contributed by atoms with E-state index in [1.54, 1.807) is 6.07 Å². The van der Waals surface area contributed by atoms with E-state index in [0.29, 0.717) is 11.5 Å². The van der Waals surface area contributed by atoms with Gasteiger partial charge in [-0.05, 0) is 49.4 Å². The number of hydrogen-bond donors (Lipinski definition) is 0. The molecule has 0 N–H and O–H groups in total. The van der Waals surface area contributed by atoms with Crippen molar-refractivity contribution in [3.05, 3.63) is 82.4 Å². The molecule has 0 radical (unpaired) electrons. The third-order valence-corrected chi connectivity index (χ3v) is 9.52. The van der Waals surface area contributed by atoms with Crippen LogP contribution in [0.15, 0.2) is 54.6 Å². The predicted octanol–water partition coefficient (Wildman–Crippen LogP) is 7.41. The zero-order valence-electron chi connectivity index (χ0n) is 28.3. The van der Waals surface area contributed by atoms with E-state index in [4.69, 9.17) is 23.7 Å². The Kier molecular flexibility index (Phi) is 10.5. The standard InChI is InChI=1S/C38H45NO8/c1-8-32-22(4)23(5)36(44-25(7)42)38(46-32)47-33-18-17-30-35(28-14-12-11-13-26(28)21-43-24(6)41)29-16-15-27(39(9-2)10-3)19-34(29)45-37(30)31(33)20-40/h11-20,22-23,32,35-36,38H,8-10,21H2,1-7H3/t22-,23+,32-,35?,36-,38+/m1/s1. The number of anilines is 1. The highest BCUT2D eigenvalue weighted by Gasteiger charge is 2.45. The molecule has 5 rings (SSSR count). The van der Waals surface area contributed by atoms with Crippen molar-refractivity contribution >= 4 is 23.9 Å².